The molecule has 5 nitrogen and oxygen atoms in total. The average Bonchev–Trinajstić information content (AvgIpc) is 3.44. The molecule has 0 spiro atoms. The minimum atomic E-state index is 0.0131. The van der Waals surface area contributed by atoms with Crippen molar-refractivity contribution in [1.82, 2.24) is 9.88 Å². The number of pyridine rings is 1. The van der Waals surface area contributed by atoms with Gasteiger partial charge >= 0.3 is 0 Å². The number of anilines is 1. The Labute approximate surface area is 173 Å². The Kier molecular flexibility index (Phi) is 4.70. The second kappa shape index (κ2) is 7.51. The molecule has 2 aromatic heterocycles. The van der Waals surface area contributed by atoms with E-state index < -0.39 is 0 Å². The maximum atomic E-state index is 12.3. The number of piperazine rings is 1. The fraction of sp³-hybridized carbons (Fsp3) is 0.304. The zero-order valence-corrected chi connectivity index (χ0v) is 16.9. The fourth-order valence-corrected chi connectivity index (χ4v) is 5.25. The third-order valence-electron chi connectivity index (χ3n) is 6.06. The number of benzene rings is 1. The van der Waals surface area contributed by atoms with Gasteiger partial charge in [0, 0.05) is 48.3 Å². The van der Waals surface area contributed by atoms with Gasteiger partial charge in [0.15, 0.2) is 0 Å². The van der Waals surface area contributed by atoms with E-state index in [1.54, 1.807) is 11.3 Å². The predicted octanol–water partition coefficient (Wildman–Crippen LogP) is 3.83. The molecule has 3 aromatic rings. The number of nitrogens with one attached hydrogen (secondary N) is 1. The molecule has 0 unspecified atom stereocenters. The maximum Gasteiger partial charge on any atom is 0.257 e. The molecule has 29 heavy (non-hydrogen) atoms. The molecule has 1 atom stereocenters. The molecule has 1 aliphatic heterocycles. The Morgan fingerprint density at radius 3 is 2.66 bits per heavy atom. The number of aromatic amines is 1. The van der Waals surface area contributed by atoms with Crippen LogP contribution in [0.3, 0.4) is 0 Å². The van der Waals surface area contributed by atoms with Gasteiger partial charge in [-0.25, -0.2) is 0 Å². The molecule has 0 amide bonds. The number of fused-ring (bicyclic) bond motifs is 1. The molecule has 1 N–H and O–H groups in total. The Hall–Kier alpha value is -2.88. The van der Waals surface area contributed by atoms with E-state index in [-0.39, 0.29) is 5.56 Å². The van der Waals surface area contributed by atoms with Crippen molar-refractivity contribution in [3.8, 4) is 6.07 Å². The summed E-state index contributed by atoms with van der Waals surface area (Å²) in [6.07, 6.45) is 4.46. The van der Waals surface area contributed by atoms with Gasteiger partial charge < -0.3 is 9.88 Å². The standard InChI is InChI=1S/C23H22N4OS/c24-15-16-1-4-18(5-2-16)26-8-10-27(11-9-26)19-6-3-17(13-19)21-14-22-20(7-12-29-22)23(28)25-21/h1-2,4-5,7,12-14,19H,3,6,8-11H2,(H,25,28)/t19-/m1/s1. The molecule has 146 valence electrons. The van der Waals surface area contributed by atoms with Crippen molar-refractivity contribution in [1.29, 1.82) is 5.26 Å². The van der Waals surface area contributed by atoms with Gasteiger partial charge in [-0.1, -0.05) is 6.08 Å². The lowest BCUT2D eigenvalue weighted by molar-refractivity contribution is 0.214. The summed E-state index contributed by atoms with van der Waals surface area (Å²) in [5.41, 5.74) is 4.14. The smallest absolute Gasteiger partial charge is 0.257 e. The Morgan fingerprint density at radius 2 is 1.90 bits per heavy atom. The molecule has 3 heterocycles. The molecular weight excluding hydrogens is 380 g/mol. The zero-order valence-electron chi connectivity index (χ0n) is 16.1. The first-order valence-corrected chi connectivity index (χ1v) is 10.9. The highest BCUT2D eigenvalue weighted by Gasteiger charge is 2.27. The van der Waals surface area contributed by atoms with Gasteiger partial charge in [0.1, 0.15) is 0 Å². The first-order valence-electron chi connectivity index (χ1n) is 10.0. The van der Waals surface area contributed by atoms with Gasteiger partial charge in [-0.2, -0.15) is 5.26 Å². The summed E-state index contributed by atoms with van der Waals surface area (Å²) >= 11 is 1.62. The highest BCUT2D eigenvalue weighted by atomic mass is 32.1. The molecule has 1 aromatic carbocycles. The van der Waals surface area contributed by atoms with E-state index in [9.17, 15) is 4.79 Å². The van der Waals surface area contributed by atoms with Gasteiger partial charge in [0.25, 0.3) is 5.56 Å². The first-order chi connectivity index (χ1) is 14.2. The number of nitrogens with zero attached hydrogens (tertiary/aromatic N) is 3. The lowest BCUT2D eigenvalue weighted by Gasteiger charge is -2.38. The summed E-state index contributed by atoms with van der Waals surface area (Å²) in [5, 5.41) is 11.7. The van der Waals surface area contributed by atoms with E-state index >= 15 is 0 Å². The first kappa shape index (κ1) is 18.2. The quantitative estimate of drug-likeness (QED) is 0.723. The second-order valence-electron chi connectivity index (χ2n) is 7.69. The average molecular weight is 403 g/mol. The molecule has 1 aliphatic carbocycles. The highest BCUT2D eigenvalue weighted by molar-refractivity contribution is 7.17. The van der Waals surface area contributed by atoms with Crippen LogP contribution in [0.1, 0.15) is 24.1 Å². The molecule has 0 radical (unpaired) electrons. The van der Waals surface area contributed by atoms with Crippen molar-refractivity contribution in [3.05, 3.63) is 69.5 Å². The molecule has 0 bridgehead atoms. The topological polar surface area (TPSA) is 63.1 Å². The third kappa shape index (κ3) is 3.48. The Bertz CT molecular complexity index is 1160. The van der Waals surface area contributed by atoms with Gasteiger partial charge in [-0.3, -0.25) is 9.69 Å². The van der Waals surface area contributed by atoms with Crippen LogP contribution in [-0.4, -0.2) is 42.1 Å². The molecule has 5 rings (SSSR count). The Morgan fingerprint density at radius 1 is 1.10 bits per heavy atom. The van der Waals surface area contributed by atoms with Crippen LogP contribution in [0.25, 0.3) is 15.7 Å². The van der Waals surface area contributed by atoms with Crippen LogP contribution in [0.15, 0.2) is 52.6 Å². The summed E-state index contributed by atoms with van der Waals surface area (Å²) in [6.45, 7) is 4.02. The molecular formula is C23H22N4OS. The van der Waals surface area contributed by atoms with Crippen molar-refractivity contribution >= 4 is 32.7 Å². The van der Waals surface area contributed by atoms with E-state index in [1.807, 2.05) is 35.7 Å². The van der Waals surface area contributed by atoms with E-state index in [0.29, 0.717) is 11.6 Å². The van der Waals surface area contributed by atoms with Crippen LogP contribution in [0.4, 0.5) is 5.69 Å². The van der Waals surface area contributed by atoms with Crippen LogP contribution >= 0.6 is 11.3 Å². The number of rotatable bonds is 3. The van der Waals surface area contributed by atoms with E-state index in [1.165, 1.54) is 11.3 Å². The minimum absolute atomic E-state index is 0.0131. The van der Waals surface area contributed by atoms with Crippen molar-refractivity contribution in [2.75, 3.05) is 31.1 Å². The predicted molar refractivity (Wildman–Crippen MR) is 118 cm³/mol. The van der Waals surface area contributed by atoms with E-state index in [4.69, 9.17) is 5.26 Å². The summed E-state index contributed by atoms with van der Waals surface area (Å²) < 4.78 is 1.06. The number of allylic oxidation sites excluding steroid dienone is 1. The van der Waals surface area contributed by atoms with Crippen LogP contribution in [0, 0.1) is 11.3 Å². The van der Waals surface area contributed by atoms with Crippen molar-refractivity contribution in [2.24, 2.45) is 0 Å². The van der Waals surface area contributed by atoms with Crippen LogP contribution in [-0.2, 0) is 0 Å². The van der Waals surface area contributed by atoms with Crippen LogP contribution < -0.4 is 10.5 Å². The molecule has 1 saturated heterocycles. The molecule has 0 saturated carbocycles. The van der Waals surface area contributed by atoms with Crippen molar-refractivity contribution < 1.29 is 0 Å². The summed E-state index contributed by atoms with van der Waals surface area (Å²) in [6, 6.07) is 14.5. The normalized spacial score (nSPS) is 20.0. The van der Waals surface area contributed by atoms with Gasteiger partial charge in [0.2, 0.25) is 0 Å². The van der Waals surface area contributed by atoms with Crippen molar-refractivity contribution in [2.45, 2.75) is 18.9 Å². The number of aromatic nitrogens is 1. The minimum Gasteiger partial charge on any atom is -0.369 e. The van der Waals surface area contributed by atoms with Gasteiger partial charge in [0.05, 0.1) is 17.0 Å². The lowest BCUT2D eigenvalue weighted by atomic mass is 10.1. The zero-order chi connectivity index (χ0) is 19.8. The monoisotopic (exact) mass is 402 g/mol. The summed E-state index contributed by atoms with van der Waals surface area (Å²) in [5.74, 6) is 0. The molecule has 2 aliphatic rings. The molecule has 6 heteroatoms. The van der Waals surface area contributed by atoms with Crippen LogP contribution in [0.2, 0.25) is 0 Å². The number of nitriles is 1. The molecule has 1 fully saturated rings. The second-order valence-corrected chi connectivity index (χ2v) is 8.64. The summed E-state index contributed by atoms with van der Waals surface area (Å²) in [7, 11) is 0. The number of H-pyrrole nitrogens is 1. The van der Waals surface area contributed by atoms with E-state index in [0.717, 1.165) is 54.8 Å². The largest absolute Gasteiger partial charge is 0.369 e. The third-order valence-corrected chi connectivity index (χ3v) is 6.92. The number of thiophene rings is 1. The fourth-order valence-electron chi connectivity index (χ4n) is 4.42. The highest BCUT2D eigenvalue weighted by Crippen LogP contribution is 2.31. The van der Waals surface area contributed by atoms with Gasteiger partial charge in [-0.15, -0.1) is 11.3 Å². The Balaban J connectivity index is 1.27. The maximum absolute atomic E-state index is 12.3. The van der Waals surface area contributed by atoms with E-state index in [2.05, 4.69) is 33.0 Å². The SMILES string of the molecule is N#Cc1ccc(N2CCN([C@H]3C=C(c4cc5sccc5c(=O)[nH]4)CC3)CC2)cc1. The van der Waals surface area contributed by atoms with Crippen LogP contribution in [0.5, 0.6) is 0 Å². The summed E-state index contributed by atoms with van der Waals surface area (Å²) in [4.78, 5) is 20.3. The number of hydrogen-bond acceptors (Lipinski definition) is 5. The van der Waals surface area contributed by atoms with Crippen molar-refractivity contribution in [3.63, 3.8) is 0 Å². The number of hydrogen-bond donors (Lipinski definition) is 1. The lowest BCUT2D eigenvalue weighted by Crippen LogP contribution is -2.49. The van der Waals surface area contributed by atoms with Gasteiger partial charge in [-0.05, 0) is 60.2 Å².